The molecular formula is C14H18ClNO2. The smallest absolute Gasteiger partial charge is 0.134 e. The summed E-state index contributed by atoms with van der Waals surface area (Å²) in [5.41, 5.74) is 0.994. The molecule has 1 spiro atoms. The van der Waals surface area contributed by atoms with Crippen molar-refractivity contribution in [2.45, 2.75) is 30.9 Å². The topological polar surface area (TPSA) is 30.5 Å². The van der Waals surface area contributed by atoms with Gasteiger partial charge in [-0.05, 0) is 38.1 Å². The summed E-state index contributed by atoms with van der Waals surface area (Å²) in [6.07, 6.45) is 3.07. The van der Waals surface area contributed by atoms with Crippen LogP contribution in [0.25, 0.3) is 0 Å². The van der Waals surface area contributed by atoms with Gasteiger partial charge < -0.3 is 14.8 Å². The Hall–Kier alpha value is -0.770. The van der Waals surface area contributed by atoms with E-state index in [4.69, 9.17) is 21.1 Å². The van der Waals surface area contributed by atoms with Crippen LogP contribution in [0.4, 0.5) is 0 Å². The molecule has 98 valence electrons. The minimum absolute atomic E-state index is 0.160. The lowest BCUT2D eigenvalue weighted by Gasteiger charge is -2.44. The third-order valence-corrected chi connectivity index (χ3v) is 4.12. The molecule has 0 aliphatic carbocycles. The Labute approximate surface area is 112 Å². The van der Waals surface area contributed by atoms with Gasteiger partial charge in [-0.25, -0.2) is 0 Å². The van der Waals surface area contributed by atoms with Crippen molar-refractivity contribution in [3.63, 3.8) is 0 Å². The Morgan fingerprint density at radius 3 is 3.06 bits per heavy atom. The van der Waals surface area contributed by atoms with Crippen molar-refractivity contribution in [2.75, 3.05) is 20.3 Å². The average molecular weight is 268 g/mol. The summed E-state index contributed by atoms with van der Waals surface area (Å²) in [6.45, 7) is 1.54. The van der Waals surface area contributed by atoms with E-state index in [-0.39, 0.29) is 11.6 Å². The highest BCUT2D eigenvalue weighted by Gasteiger charge is 2.42. The van der Waals surface area contributed by atoms with Gasteiger partial charge in [-0.15, -0.1) is 0 Å². The monoisotopic (exact) mass is 267 g/mol. The molecule has 0 aromatic heterocycles. The van der Waals surface area contributed by atoms with E-state index in [1.807, 2.05) is 25.2 Å². The largest absolute Gasteiger partial charge is 0.484 e. The third-order valence-electron chi connectivity index (χ3n) is 3.88. The minimum Gasteiger partial charge on any atom is -0.484 e. The van der Waals surface area contributed by atoms with E-state index in [0.717, 1.165) is 42.2 Å². The first-order valence-corrected chi connectivity index (χ1v) is 6.84. The molecule has 1 N–H and O–H groups in total. The molecule has 2 atom stereocenters. The minimum atomic E-state index is -0.160. The zero-order valence-electron chi connectivity index (χ0n) is 10.5. The third kappa shape index (κ3) is 2.11. The maximum absolute atomic E-state index is 6.22. The predicted molar refractivity (Wildman–Crippen MR) is 71.3 cm³/mol. The summed E-state index contributed by atoms with van der Waals surface area (Å²) in [6, 6.07) is 6.14. The van der Waals surface area contributed by atoms with Crippen molar-refractivity contribution in [2.24, 2.45) is 0 Å². The molecule has 0 amide bonds. The molecule has 4 heteroatoms. The van der Waals surface area contributed by atoms with E-state index in [1.54, 1.807) is 0 Å². The van der Waals surface area contributed by atoms with Crippen LogP contribution in [0.2, 0.25) is 5.02 Å². The first kappa shape index (κ1) is 12.3. The number of ether oxygens (including phenoxy) is 2. The summed E-state index contributed by atoms with van der Waals surface area (Å²) in [7, 11) is 1.98. The molecule has 3 rings (SSSR count). The number of halogens is 1. The molecule has 0 saturated carbocycles. The molecule has 18 heavy (non-hydrogen) atoms. The van der Waals surface area contributed by atoms with Gasteiger partial charge in [0.1, 0.15) is 11.4 Å². The summed E-state index contributed by atoms with van der Waals surface area (Å²) in [4.78, 5) is 0. The molecule has 2 heterocycles. The van der Waals surface area contributed by atoms with Crippen molar-refractivity contribution >= 4 is 11.6 Å². The van der Waals surface area contributed by atoms with E-state index >= 15 is 0 Å². The van der Waals surface area contributed by atoms with Gasteiger partial charge in [-0.3, -0.25) is 0 Å². The summed E-state index contributed by atoms with van der Waals surface area (Å²) in [5.74, 6) is 0.940. The maximum Gasteiger partial charge on any atom is 0.134 e. The second-order valence-electron chi connectivity index (χ2n) is 5.17. The molecule has 1 fully saturated rings. The molecule has 1 aromatic rings. The van der Waals surface area contributed by atoms with E-state index in [1.165, 1.54) is 0 Å². The van der Waals surface area contributed by atoms with Crippen molar-refractivity contribution in [3.8, 4) is 5.75 Å². The quantitative estimate of drug-likeness (QED) is 0.849. The van der Waals surface area contributed by atoms with Gasteiger partial charge in [-0.2, -0.15) is 0 Å². The van der Waals surface area contributed by atoms with Gasteiger partial charge >= 0.3 is 0 Å². The van der Waals surface area contributed by atoms with Crippen LogP contribution < -0.4 is 10.1 Å². The molecule has 2 aliphatic heterocycles. The zero-order chi connectivity index (χ0) is 12.6. The van der Waals surface area contributed by atoms with Crippen LogP contribution >= 0.6 is 11.6 Å². The highest BCUT2D eigenvalue weighted by atomic mass is 35.5. The van der Waals surface area contributed by atoms with Crippen molar-refractivity contribution in [3.05, 3.63) is 28.8 Å². The van der Waals surface area contributed by atoms with E-state index in [9.17, 15) is 0 Å². The van der Waals surface area contributed by atoms with Crippen LogP contribution in [-0.2, 0) is 4.74 Å². The van der Waals surface area contributed by atoms with Crippen LogP contribution in [0.1, 0.15) is 30.9 Å². The Bertz CT molecular complexity index is 443. The lowest BCUT2D eigenvalue weighted by molar-refractivity contribution is -0.0851. The number of hydrogen-bond donors (Lipinski definition) is 1. The Morgan fingerprint density at radius 1 is 1.44 bits per heavy atom. The number of nitrogens with one attached hydrogen (secondary N) is 1. The number of benzene rings is 1. The molecule has 2 aliphatic rings. The van der Waals surface area contributed by atoms with Gasteiger partial charge in [0.25, 0.3) is 0 Å². The highest BCUT2D eigenvalue weighted by Crippen LogP contribution is 2.43. The second kappa shape index (κ2) is 4.72. The molecule has 0 radical (unpaired) electrons. The molecule has 1 saturated heterocycles. The molecular weight excluding hydrogens is 250 g/mol. The standard InChI is InChI=1S/C14H18ClNO2/c1-16-12-8-14(5-2-6-17-9-14)18-13-4-3-10(15)7-11(12)13/h3-4,7,12,16H,2,5-6,8-9H2,1H3. The summed E-state index contributed by atoms with van der Waals surface area (Å²) < 4.78 is 11.8. The van der Waals surface area contributed by atoms with E-state index in [2.05, 4.69) is 5.32 Å². The van der Waals surface area contributed by atoms with Gasteiger partial charge in [-0.1, -0.05) is 11.6 Å². The van der Waals surface area contributed by atoms with Crippen LogP contribution in [0.3, 0.4) is 0 Å². The summed E-state index contributed by atoms with van der Waals surface area (Å²) >= 11 is 6.07. The lowest BCUT2D eigenvalue weighted by Crippen LogP contribution is -2.49. The normalized spacial score (nSPS) is 30.9. The highest BCUT2D eigenvalue weighted by molar-refractivity contribution is 6.30. The molecule has 0 bridgehead atoms. The van der Waals surface area contributed by atoms with Crippen molar-refractivity contribution in [1.29, 1.82) is 0 Å². The fourth-order valence-corrected chi connectivity index (χ4v) is 3.15. The number of rotatable bonds is 1. The SMILES string of the molecule is CNC1CC2(CCCOC2)Oc2ccc(Cl)cc21. The second-order valence-corrected chi connectivity index (χ2v) is 5.61. The number of hydrogen-bond acceptors (Lipinski definition) is 3. The van der Waals surface area contributed by atoms with E-state index < -0.39 is 0 Å². The molecule has 3 nitrogen and oxygen atoms in total. The first-order chi connectivity index (χ1) is 8.72. The Kier molecular flexibility index (Phi) is 3.22. The van der Waals surface area contributed by atoms with Gasteiger partial charge in [0, 0.05) is 29.7 Å². The summed E-state index contributed by atoms with van der Waals surface area (Å²) in [5, 5.41) is 4.12. The first-order valence-electron chi connectivity index (χ1n) is 6.46. The zero-order valence-corrected chi connectivity index (χ0v) is 11.3. The van der Waals surface area contributed by atoms with Gasteiger partial charge in [0.15, 0.2) is 0 Å². The van der Waals surface area contributed by atoms with Gasteiger partial charge in [0.05, 0.1) is 6.61 Å². The van der Waals surface area contributed by atoms with Crippen LogP contribution in [0.5, 0.6) is 5.75 Å². The van der Waals surface area contributed by atoms with Crippen LogP contribution in [0.15, 0.2) is 18.2 Å². The van der Waals surface area contributed by atoms with Crippen molar-refractivity contribution in [1.82, 2.24) is 5.32 Å². The van der Waals surface area contributed by atoms with Crippen LogP contribution in [0, 0.1) is 0 Å². The predicted octanol–water partition coefficient (Wildman–Crippen LogP) is 2.93. The van der Waals surface area contributed by atoms with E-state index in [0.29, 0.717) is 6.61 Å². The Morgan fingerprint density at radius 2 is 2.33 bits per heavy atom. The fraction of sp³-hybridized carbons (Fsp3) is 0.571. The fourth-order valence-electron chi connectivity index (χ4n) is 2.97. The van der Waals surface area contributed by atoms with Crippen molar-refractivity contribution < 1.29 is 9.47 Å². The molecule has 1 aromatic carbocycles. The lowest BCUT2D eigenvalue weighted by atomic mass is 9.83. The van der Waals surface area contributed by atoms with Crippen LogP contribution in [-0.4, -0.2) is 25.9 Å². The maximum atomic E-state index is 6.22. The Balaban J connectivity index is 1.96. The number of fused-ring (bicyclic) bond motifs is 1. The van der Waals surface area contributed by atoms with Gasteiger partial charge in [0.2, 0.25) is 0 Å². The average Bonchev–Trinajstić information content (AvgIpc) is 2.39. The molecule has 2 unspecified atom stereocenters.